The third-order valence-electron chi connectivity index (χ3n) is 3.22. The van der Waals surface area contributed by atoms with Gasteiger partial charge >= 0.3 is 0 Å². The van der Waals surface area contributed by atoms with Crippen molar-refractivity contribution in [2.75, 3.05) is 13.1 Å². The van der Waals surface area contributed by atoms with Crippen LogP contribution in [0.15, 0.2) is 12.1 Å². The Labute approximate surface area is 106 Å². The molecular weight excluding hydrogens is 240 g/mol. The number of hydrogen-bond donors (Lipinski definition) is 2. The van der Waals surface area contributed by atoms with Crippen molar-refractivity contribution in [1.29, 1.82) is 0 Å². The van der Waals surface area contributed by atoms with Crippen LogP contribution in [0.25, 0.3) is 0 Å². The molecule has 0 spiro atoms. The van der Waals surface area contributed by atoms with Gasteiger partial charge in [0.1, 0.15) is 0 Å². The van der Waals surface area contributed by atoms with Gasteiger partial charge in [-0.25, -0.2) is 0 Å². The molecule has 1 fully saturated rings. The van der Waals surface area contributed by atoms with Crippen LogP contribution in [0.4, 0.5) is 0 Å². The molecule has 1 saturated heterocycles. The molecule has 2 N–H and O–H groups in total. The lowest BCUT2D eigenvalue weighted by Gasteiger charge is -2.30. The smallest absolute Gasteiger partial charge is 0.0931 e. The summed E-state index contributed by atoms with van der Waals surface area (Å²) in [6.45, 7) is 5.49. The summed E-state index contributed by atoms with van der Waals surface area (Å²) >= 11 is 7.55. The Kier molecular flexibility index (Phi) is 4.65. The molecule has 2 nitrogen and oxygen atoms in total. The number of piperidine rings is 1. The van der Waals surface area contributed by atoms with Crippen LogP contribution in [0.5, 0.6) is 0 Å². The van der Waals surface area contributed by atoms with Gasteiger partial charge in [-0.3, -0.25) is 0 Å². The van der Waals surface area contributed by atoms with E-state index in [0.29, 0.717) is 6.04 Å². The van der Waals surface area contributed by atoms with Gasteiger partial charge in [0.15, 0.2) is 0 Å². The number of halogens is 1. The summed E-state index contributed by atoms with van der Waals surface area (Å²) in [5, 5.41) is 7.08. The Morgan fingerprint density at radius 2 is 2.44 bits per heavy atom. The van der Waals surface area contributed by atoms with Gasteiger partial charge in [-0.1, -0.05) is 18.5 Å². The number of nitrogens with one attached hydrogen (secondary N) is 2. The van der Waals surface area contributed by atoms with E-state index in [1.54, 1.807) is 11.3 Å². The quantitative estimate of drug-likeness (QED) is 0.868. The highest BCUT2D eigenvalue weighted by atomic mass is 35.5. The van der Waals surface area contributed by atoms with Crippen LogP contribution in [0.3, 0.4) is 0 Å². The summed E-state index contributed by atoms with van der Waals surface area (Å²) in [6, 6.07) is 4.69. The summed E-state index contributed by atoms with van der Waals surface area (Å²) in [5.41, 5.74) is 0. The molecule has 2 heterocycles. The minimum absolute atomic E-state index is 0.629. The molecule has 0 aromatic carbocycles. The largest absolute Gasteiger partial charge is 0.312 e. The molecule has 2 unspecified atom stereocenters. The van der Waals surface area contributed by atoms with Crippen molar-refractivity contribution in [3.8, 4) is 0 Å². The molecule has 0 bridgehead atoms. The van der Waals surface area contributed by atoms with E-state index in [9.17, 15) is 0 Å². The molecule has 0 radical (unpaired) electrons. The van der Waals surface area contributed by atoms with E-state index in [1.165, 1.54) is 24.3 Å². The van der Waals surface area contributed by atoms with Gasteiger partial charge < -0.3 is 10.6 Å². The van der Waals surface area contributed by atoms with Crippen LogP contribution in [0, 0.1) is 5.92 Å². The monoisotopic (exact) mass is 258 g/mol. The van der Waals surface area contributed by atoms with Crippen LogP contribution in [-0.4, -0.2) is 19.1 Å². The van der Waals surface area contributed by atoms with Gasteiger partial charge in [-0.2, -0.15) is 0 Å². The number of hydrogen-bond acceptors (Lipinski definition) is 3. The zero-order valence-corrected chi connectivity index (χ0v) is 11.2. The third kappa shape index (κ3) is 3.45. The summed E-state index contributed by atoms with van der Waals surface area (Å²) < 4.78 is 0.876. The first kappa shape index (κ1) is 12.4. The minimum atomic E-state index is 0.629. The fourth-order valence-corrected chi connectivity index (χ4v) is 3.24. The van der Waals surface area contributed by atoms with E-state index in [0.717, 1.165) is 23.3 Å². The predicted octanol–water partition coefficient (Wildman–Crippen LogP) is 2.88. The Bertz CT molecular complexity index is 327. The van der Waals surface area contributed by atoms with Gasteiger partial charge in [0.2, 0.25) is 0 Å². The first-order valence-electron chi connectivity index (χ1n) is 5.94. The highest BCUT2D eigenvalue weighted by molar-refractivity contribution is 7.16. The molecule has 1 aromatic heterocycles. The molecule has 1 aliphatic heterocycles. The zero-order chi connectivity index (χ0) is 11.4. The number of rotatable bonds is 4. The highest BCUT2D eigenvalue weighted by Gasteiger charge is 2.19. The fraction of sp³-hybridized carbons (Fsp3) is 0.667. The summed E-state index contributed by atoms with van der Waals surface area (Å²) in [7, 11) is 0. The first-order valence-corrected chi connectivity index (χ1v) is 7.13. The molecule has 1 aliphatic rings. The van der Waals surface area contributed by atoms with Crippen LogP contribution < -0.4 is 10.6 Å². The average molecular weight is 259 g/mol. The van der Waals surface area contributed by atoms with E-state index >= 15 is 0 Å². The Morgan fingerprint density at radius 1 is 1.56 bits per heavy atom. The zero-order valence-electron chi connectivity index (χ0n) is 9.63. The van der Waals surface area contributed by atoms with E-state index in [2.05, 4.69) is 23.6 Å². The van der Waals surface area contributed by atoms with Gasteiger partial charge in [-0.15, -0.1) is 11.3 Å². The standard InChI is InChI=1S/C12H19ClN2S/c1-9-3-2-6-15-11(9)8-14-7-10-4-5-12(13)16-10/h4-5,9,11,14-15H,2-3,6-8H2,1H3. The second kappa shape index (κ2) is 6.01. The van der Waals surface area contributed by atoms with Crippen LogP contribution in [0.2, 0.25) is 4.34 Å². The van der Waals surface area contributed by atoms with Crippen molar-refractivity contribution in [3.63, 3.8) is 0 Å². The van der Waals surface area contributed by atoms with E-state index in [-0.39, 0.29) is 0 Å². The van der Waals surface area contributed by atoms with Gasteiger partial charge in [0.25, 0.3) is 0 Å². The highest BCUT2D eigenvalue weighted by Crippen LogP contribution is 2.21. The number of thiophene rings is 1. The van der Waals surface area contributed by atoms with Gasteiger partial charge in [0.05, 0.1) is 4.34 Å². The van der Waals surface area contributed by atoms with Crippen molar-refractivity contribution in [1.82, 2.24) is 10.6 Å². The lowest BCUT2D eigenvalue weighted by atomic mass is 9.93. The normalized spacial score (nSPS) is 25.9. The van der Waals surface area contributed by atoms with Crippen molar-refractivity contribution < 1.29 is 0 Å². The Hall–Kier alpha value is -0.0900. The lowest BCUT2D eigenvalue weighted by molar-refractivity contribution is 0.290. The molecule has 90 valence electrons. The second-order valence-electron chi connectivity index (χ2n) is 4.52. The lowest BCUT2D eigenvalue weighted by Crippen LogP contribution is -2.46. The maximum atomic E-state index is 5.89. The minimum Gasteiger partial charge on any atom is -0.312 e. The summed E-state index contributed by atoms with van der Waals surface area (Å²) in [4.78, 5) is 1.31. The summed E-state index contributed by atoms with van der Waals surface area (Å²) in [5.74, 6) is 0.785. The Morgan fingerprint density at radius 3 is 3.12 bits per heavy atom. The van der Waals surface area contributed by atoms with Crippen molar-refractivity contribution in [3.05, 3.63) is 21.3 Å². The molecule has 2 rings (SSSR count). The molecular formula is C12H19ClN2S. The van der Waals surface area contributed by atoms with Gasteiger partial charge in [-0.05, 0) is 37.4 Å². The van der Waals surface area contributed by atoms with Crippen LogP contribution in [0.1, 0.15) is 24.6 Å². The average Bonchev–Trinajstić information content (AvgIpc) is 2.67. The second-order valence-corrected chi connectivity index (χ2v) is 6.32. The molecule has 0 saturated carbocycles. The first-order chi connectivity index (χ1) is 7.75. The topological polar surface area (TPSA) is 24.1 Å². The van der Waals surface area contributed by atoms with E-state index in [4.69, 9.17) is 11.6 Å². The van der Waals surface area contributed by atoms with Crippen LogP contribution in [-0.2, 0) is 6.54 Å². The van der Waals surface area contributed by atoms with Crippen molar-refractivity contribution in [2.45, 2.75) is 32.4 Å². The summed E-state index contributed by atoms with van der Waals surface area (Å²) in [6.07, 6.45) is 2.67. The maximum absolute atomic E-state index is 5.89. The van der Waals surface area contributed by atoms with Crippen molar-refractivity contribution >= 4 is 22.9 Å². The SMILES string of the molecule is CC1CCCNC1CNCc1ccc(Cl)s1. The van der Waals surface area contributed by atoms with Crippen LogP contribution >= 0.6 is 22.9 Å². The van der Waals surface area contributed by atoms with Crippen molar-refractivity contribution in [2.24, 2.45) is 5.92 Å². The predicted molar refractivity (Wildman–Crippen MR) is 71.2 cm³/mol. The van der Waals surface area contributed by atoms with E-state index in [1.807, 2.05) is 6.07 Å². The molecule has 0 aliphatic carbocycles. The molecule has 4 heteroatoms. The molecule has 16 heavy (non-hydrogen) atoms. The molecule has 1 aromatic rings. The van der Waals surface area contributed by atoms with E-state index < -0.39 is 0 Å². The fourth-order valence-electron chi connectivity index (χ4n) is 2.18. The molecule has 2 atom stereocenters. The third-order valence-corrected chi connectivity index (χ3v) is 4.45. The van der Waals surface area contributed by atoms with Gasteiger partial charge in [0, 0.05) is 24.0 Å². The molecule has 0 amide bonds. The maximum Gasteiger partial charge on any atom is 0.0931 e. The Balaban J connectivity index is 1.71.